The molecule has 1 aromatic rings. The molecule has 2 N–H and O–H groups in total. The van der Waals surface area contributed by atoms with Gasteiger partial charge in [-0.15, -0.1) is 0 Å². The van der Waals surface area contributed by atoms with Gasteiger partial charge < -0.3 is 5.73 Å². The zero-order chi connectivity index (χ0) is 9.10. The Bertz CT molecular complexity index is 347. The molecule has 0 spiro atoms. The van der Waals surface area contributed by atoms with E-state index in [-0.39, 0.29) is 0 Å². The van der Waals surface area contributed by atoms with Crippen LogP contribution in [-0.2, 0) is 0 Å². The molecule has 1 aliphatic rings. The highest BCUT2D eigenvalue weighted by molar-refractivity contribution is 5.68. The van der Waals surface area contributed by atoms with Crippen LogP contribution in [-0.4, -0.2) is 0 Å². The largest absolute Gasteiger partial charge is 0.402 e. The van der Waals surface area contributed by atoms with Crippen molar-refractivity contribution in [1.29, 1.82) is 0 Å². The van der Waals surface area contributed by atoms with Crippen molar-refractivity contribution in [2.24, 2.45) is 5.73 Å². The van der Waals surface area contributed by atoms with Gasteiger partial charge in [0.2, 0.25) is 0 Å². The minimum atomic E-state index is 0.986. The third-order valence-corrected chi connectivity index (χ3v) is 2.33. The lowest BCUT2D eigenvalue weighted by Crippen LogP contribution is -2.00. The topological polar surface area (TPSA) is 26.0 Å². The van der Waals surface area contributed by atoms with E-state index >= 15 is 0 Å². The second-order valence-corrected chi connectivity index (χ2v) is 3.30. The van der Waals surface area contributed by atoms with Crippen molar-refractivity contribution in [2.45, 2.75) is 12.8 Å². The van der Waals surface area contributed by atoms with Crippen LogP contribution in [0, 0.1) is 0 Å². The molecule has 0 amide bonds. The van der Waals surface area contributed by atoms with Gasteiger partial charge in [0.05, 0.1) is 0 Å². The predicted molar refractivity (Wildman–Crippen MR) is 55.9 cm³/mol. The molecule has 0 bridgehead atoms. The second kappa shape index (κ2) is 3.48. The Morgan fingerprint density at radius 1 is 0.923 bits per heavy atom. The quantitative estimate of drug-likeness (QED) is 0.690. The van der Waals surface area contributed by atoms with Gasteiger partial charge in [0.25, 0.3) is 0 Å². The molecule has 0 atom stereocenters. The molecule has 13 heavy (non-hydrogen) atoms. The summed E-state index contributed by atoms with van der Waals surface area (Å²) in [4.78, 5) is 0. The first kappa shape index (κ1) is 8.11. The molecule has 2 rings (SSSR count). The highest BCUT2D eigenvalue weighted by Crippen LogP contribution is 2.24. The molecule has 0 radical (unpaired) electrons. The van der Waals surface area contributed by atoms with Crippen molar-refractivity contribution < 1.29 is 0 Å². The van der Waals surface area contributed by atoms with Crippen LogP contribution in [0.15, 0.2) is 48.2 Å². The molecule has 0 fully saturated rings. The summed E-state index contributed by atoms with van der Waals surface area (Å²) in [5.74, 6) is 0. The molecule has 0 aromatic heterocycles. The molecule has 0 aliphatic heterocycles. The second-order valence-electron chi connectivity index (χ2n) is 3.30. The van der Waals surface area contributed by atoms with Crippen LogP contribution in [0.1, 0.15) is 18.4 Å². The first-order valence-electron chi connectivity index (χ1n) is 4.57. The Morgan fingerprint density at radius 3 is 2.31 bits per heavy atom. The zero-order valence-electron chi connectivity index (χ0n) is 7.53. The zero-order valence-corrected chi connectivity index (χ0v) is 7.53. The van der Waals surface area contributed by atoms with Gasteiger partial charge >= 0.3 is 0 Å². The molecular formula is C12H13N. The van der Waals surface area contributed by atoms with Gasteiger partial charge in [-0.2, -0.15) is 0 Å². The summed E-state index contributed by atoms with van der Waals surface area (Å²) in [5.41, 5.74) is 9.37. The van der Waals surface area contributed by atoms with Crippen molar-refractivity contribution in [2.75, 3.05) is 0 Å². The summed E-state index contributed by atoms with van der Waals surface area (Å²) < 4.78 is 0. The molecule has 0 saturated heterocycles. The molecular weight excluding hydrogens is 158 g/mol. The summed E-state index contributed by atoms with van der Waals surface area (Å²) in [6.45, 7) is 0. The minimum absolute atomic E-state index is 0.986. The SMILES string of the molecule is NC1=CC=C(c2ccccc2)CC1. The highest BCUT2D eigenvalue weighted by atomic mass is 14.6. The van der Waals surface area contributed by atoms with Gasteiger partial charge in [-0.3, -0.25) is 0 Å². The monoisotopic (exact) mass is 171 g/mol. The Hall–Kier alpha value is -1.50. The summed E-state index contributed by atoms with van der Waals surface area (Å²) in [6, 6.07) is 10.5. The van der Waals surface area contributed by atoms with Crippen molar-refractivity contribution in [1.82, 2.24) is 0 Å². The maximum atomic E-state index is 5.69. The maximum absolute atomic E-state index is 5.69. The number of allylic oxidation sites excluding steroid dienone is 4. The van der Waals surface area contributed by atoms with Crippen molar-refractivity contribution in [3.63, 3.8) is 0 Å². The van der Waals surface area contributed by atoms with Gasteiger partial charge in [0, 0.05) is 5.70 Å². The first-order valence-corrected chi connectivity index (χ1v) is 4.57. The summed E-state index contributed by atoms with van der Waals surface area (Å²) in [5, 5.41) is 0. The molecule has 1 nitrogen and oxygen atoms in total. The standard InChI is InChI=1S/C12H13N/c13-12-8-6-11(7-9-12)10-4-2-1-3-5-10/h1-6,8H,7,9,13H2. The van der Waals surface area contributed by atoms with E-state index in [1.165, 1.54) is 11.1 Å². The van der Waals surface area contributed by atoms with Crippen LogP contribution in [0.25, 0.3) is 5.57 Å². The van der Waals surface area contributed by atoms with Gasteiger partial charge in [-0.05, 0) is 30.1 Å². The van der Waals surface area contributed by atoms with Crippen LogP contribution in [0.2, 0.25) is 0 Å². The number of nitrogens with two attached hydrogens (primary N) is 1. The first-order chi connectivity index (χ1) is 6.36. The number of hydrogen-bond donors (Lipinski definition) is 1. The molecule has 1 aliphatic carbocycles. The normalized spacial score (nSPS) is 16.3. The lowest BCUT2D eigenvalue weighted by atomic mass is 9.96. The van der Waals surface area contributed by atoms with E-state index in [0.717, 1.165) is 18.5 Å². The van der Waals surface area contributed by atoms with Crippen LogP contribution >= 0.6 is 0 Å². The Morgan fingerprint density at radius 2 is 1.69 bits per heavy atom. The summed E-state index contributed by atoms with van der Waals surface area (Å²) in [7, 11) is 0. The van der Waals surface area contributed by atoms with Crippen LogP contribution in [0.3, 0.4) is 0 Å². The van der Waals surface area contributed by atoms with Crippen molar-refractivity contribution in [3.05, 3.63) is 53.7 Å². The third kappa shape index (κ3) is 1.81. The summed E-state index contributed by atoms with van der Waals surface area (Å²) in [6.07, 6.45) is 6.17. The van der Waals surface area contributed by atoms with E-state index < -0.39 is 0 Å². The van der Waals surface area contributed by atoms with E-state index in [1.54, 1.807) is 0 Å². The fraction of sp³-hybridized carbons (Fsp3) is 0.167. The molecule has 0 heterocycles. The fourth-order valence-corrected chi connectivity index (χ4v) is 1.55. The number of hydrogen-bond acceptors (Lipinski definition) is 1. The average Bonchev–Trinajstić information content (AvgIpc) is 2.20. The van der Waals surface area contributed by atoms with Crippen LogP contribution in [0.4, 0.5) is 0 Å². The smallest absolute Gasteiger partial charge is 0.00839 e. The average molecular weight is 171 g/mol. The van der Waals surface area contributed by atoms with E-state index in [9.17, 15) is 0 Å². The van der Waals surface area contributed by atoms with Gasteiger partial charge in [-0.25, -0.2) is 0 Å². The Balaban J connectivity index is 2.29. The number of rotatable bonds is 1. The van der Waals surface area contributed by atoms with Crippen molar-refractivity contribution in [3.8, 4) is 0 Å². The van der Waals surface area contributed by atoms with E-state index in [1.807, 2.05) is 12.1 Å². The summed E-state index contributed by atoms with van der Waals surface area (Å²) >= 11 is 0. The van der Waals surface area contributed by atoms with Crippen LogP contribution < -0.4 is 5.73 Å². The van der Waals surface area contributed by atoms with Crippen molar-refractivity contribution >= 4 is 5.57 Å². The van der Waals surface area contributed by atoms with Gasteiger partial charge in [0.15, 0.2) is 0 Å². The van der Waals surface area contributed by atoms with Gasteiger partial charge in [-0.1, -0.05) is 36.4 Å². The maximum Gasteiger partial charge on any atom is 0.00839 e. The Kier molecular flexibility index (Phi) is 2.17. The van der Waals surface area contributed by atoms with Crippen LogP contribution in [0.5, 0.6) is 0 Å². The van der Waals surface area contributed by atoms with Gasteiger partial charge in [0.1, 0.15) is 0 Å². The predicted octanol–water partition coefficient (Wildman–Crippen LogP) is 2.71. The minimum Gasteiger partial charge on any atom is -0.402 e. The third-order valence-electron chi connectivity index (χ3n) is 2.33. The molecule has 0 unspecified atom stereocenters. The van der Waals surface area contributed by atoms with E-state index in [2.05, 4.69) is 30.3 Å². The number of benzene rings is 1. The molecule has 1 aromatic carbocycles. The molecule has 1 heteroatoms. The lowest BCUT2D eigenvalue weighted by Gasteiger charge is -2.11. The molecule has 0 saturated carbocycles. The van der Waals surface area contributed by atoms with E-state index in [4.69, 9.17) is 5.73 Å². The molecule has 66 valence electrons. The fourth-order valence-electron chi connectivity index (χ4n) is 1.55. The Labute approximate surface area is 78.6 Å². The lowest BCUT2D eigenvalue weighted by molar-refractivity contribution is 0.958. The highest BCUT2D eigenvalue weighted by Gasteiger charge is 2.04. The van der Waals surface area contributed by atoms with E-state index in [0.29, 0.717) is 0 Å².